The normalized spacial score (nSPS) is 12.1. The predicted molar refractivity (Wildman–Crippen MR) is 98.0 cm³/mol. The molecule has 0 spiro atoms. The van der Waals surface area contributed by atoms with E-state index in [1.807, 2.05) is 0 Å². The molecule has 0 fully saturated rings. The summed E-state index contributed by atoms with van der Waals surface area (Å²) in [5.74, 6) is -2.07. The molecule has 26 heavy (non-hydrogen) atoms. The van der Waals surface area contributed by atoms with Crippen molar-refractivity contribution >= 4 is 50.7 Å². The Kier molecular flexibility index (Phi) is 5.72. The lowest BCUT2D eigenvalue weighted by Gasteiger charge is -2.05. The second kappa shape index (κ2) is 7.84. The van der Waals surface area contributed by atoms with E-state index in [-0.39, 0.29) is 34.1 Å². The minimum Gasteiger partial charge on any atom is -0.383 e. The number of hydrogen-bond acceptors (Lipinski definition) is 3. The van der Waals surface area contributed by atoms with E-state index < -0.39 is 17.5 Å². The molecular weight excluding hydrogens is 405 g/mol. The molecule has 4 nitrogen and oxygen atoms in total. The fourth-order valence-electron chi connectivity index (χ4n) is 2.41. The van der Waals surface area contributed by atoms with Gasteiger partial charge in [-0.15, -0.1) is 0 Å². The maximum absolute atomic E-state index is 14.3. The van der Waals surface area contributed by atoms with Crippen LogP contribution < -0.4 is 4.80 Å². The van der Waals surface area contributed by atoms with Gasteiger partial charge < -0.3 is 9.30 Å². The highest BCUT2D eigenvalue weighted by Gasteiger charge is 2.15. The van der Waals surface area contributed by atoms with Gasteiger partial charge in [0.15, 0.2) is 10.6 Å². The fraction of sp³-hybridized carbons (Fsp3) is 0.176. The summed E-state index contributed by atoms with van der Waals surface area (Å²) in [5.41, 5.74) is 0.291. The van der Waals surface area contributed by atoms with Gasteiger partial charge in [0.25, 0.3) is 5.91 Å². The Morgan fingerprint density at radius 2 is 2.04 bits per heavy atom. The fourth-order valence-corrected chi connectivity index (χ4v) is 3.88. The highest BCUT2D eigenvalue weighted by Crippen LogP contribution is 2.24. The molecule has 0 aliphatic carbocycles. The number of rotatable bonds is 4. The van der Waals surface area contributed by atoms with Gasteiger partial charge in [-0.3, -0.25) is 4.79 Å². The molecule has 0 saturated carbocycles. The molecule has 0 bridgehead atoms. The van der Waals surface area contributed by atoms with E-state index in [9.17, 15) is 13.6 Å². The Bertz CT molecular complexity index is 1060. The molecule has 0 atom stereocenters. The summed E-state index contributed by atoms with van der Waals surface area (Å²) >= 11 is 12.9. The number of fused-ring (bicyclic) bond motifs is 1. The SMILES string of the molecule is COCCn1c(=NC(=O)c2cc(Cl)ccc2Cl)sc2cc(F)cc(F)c21. The van der Waals surface area contributed by atoms with Crippen LogP contribution in [0, 0.1) is 11.6 Å². The van der Waals surface area contributed by atoms with Gasteiger partial charge in [0.1, 0.15) is 5.82 Å². The lowest BCUT2D eigenvalue weighted by atomic mass is 10.2. The van der Waals surface area contributed by atoms with Gasteiger partial charge in [0.05, 0.1) is 27.4 Å². The number of benzene rings is 2. The molecule has 136 valence electrons. The van der Waals surface area contributed by atoms with Gasteiger partial charge >= 0.3 is 0 Å². The van der Waals surface area contributed by atoms with Gasteiger partial charge in [-0.05, 0) is 24.3 Å². The summed E-state index contributed by atoms with van der Waals surface area (Å²) in [5, 5.41) is 0.537. The van der Waals surface area contributed by atoms with Crippen LogP contribution in [0.25, 0.3) is 10.2 Å². The average Bonchev–Trinajstić information content (AvgIpc) is 2.92. The molecule has 0 unspecified atom stereocenters. The van der Waals surface area contributed by atoms with E-state index in [1.54, 1.807) is 6.07 Å². The van der Waals surface area contributed by atoms with E-state index in [0.29, 0.717) is 9.72 Å². The zero-order valence-electron chi connectivity index (χ0n) is 13.4. The van der Waals surface area contributed by atoms with Gasteiger partial charge in [0, 0.05) is 24.7 Å². The van der Waals surface area contributed by atoms with Crippen LogP contribution >= 0.6 is 34.5 Å². The summed E-state index contributed by atoms with van der Waals surface area (Å²) in [4.78, 5) is 16.8. The summed E-state index contributed by atoms with van der Waals surface area (Å²) in [6.07, 6.45) is 0. The Labute approximate surface area is 161 Å². The molecule has 3 aromatic rings. The second-order valence-corrected chi connectivity index (χ2v) is 7.16. The van der Waals surface area contributed by atoms with Crippen molar-refractivity contribution in [1.82, 2.24) is 4.57 Å². The van der Waals surface area contributed by atoms with Gasteiger partial charge in [-0.25, -0.2) is 8.78 Å². The lowest BCUT2D eigenvalue weighted by Crippen LogP contribution is -2.20. The first-order chi connectivity index (χ1) is 12.4. The third-order valence-electron chi connectivity index (χ3n) is 3.57. The number of carbonyl (C=O) groups is 1. The molecule has 1 aromatic heterocycles. The first-order valence-corrected chi connectivity index (χ1v) is 8.99. The number of nitrogens with zero attached hydrogens (tertiary/aromatic N) is 2. The zero-order chi connectivity index (χ0) is 18.8. The molecule has 3 rings (SSSR count). The van der Waals surface area contributed by atoms with Crippen molar-refractivity contribution < 1.29 is 18.3 Å². The molecule has 0 radical (unpaired) electrons. The molecule has 2 aromatic carbocycles. The van der Waals surface area contributed by atoms with Crippen molar-refractivity contribution in [1.29, 1.82) is 0 Å². The third-order valence-corrected chi connectivity index (χ3v) is 5.16. The summed E-state index contributed by atoms with van der Waals surface area (Å²) in [6, 6.07) is 6.44. The molecule has 0 N–H and O–H groups in total. The molecule has 0 aliphatic rings. The average molecular weight is 417 g/mol. The number of aromatic nitrogens is 1. The number of methoxy groups -OCH3 is 1. The minimum absolute atomic E-state index is 0.126. The smallest absolute Gasteiger partial charge is 0.281 e. The van der Waals surface area contributed by atoms with Crippen LogP contribution in [0.15, 0.2) is 35.3 Å². The van der Waals surface area contributed by atoms with Crippen LogP contribution in [-0.2, 0) is 11.3 Å². The lowest BCUT2D eigenvalue weighted by molar-refractivity contribution is 0.0997. The summed E-state index contributed by atoms with van der Waals surface area (Å²) in [7, 11) is 1.50. The topological polar surface area (TPSA) is 43.6 Å². The van der Waals surface area contributed by atoms with E-state index in [1.165, 1.54) is 29.9 Å². The molecular formula is C17H12Cl2F2N2O2S. The predicted octanol–water partition coefficient (Wildman–Crippen LogP) is 4.68. The summed E-state index contributed by atoms with van der Waals surface area (Å²) < 4.78 is 34.6. The van der Waals surface area contributed by atoms with Crippen molar-refractivity contribution in [3.63, 3.8) is 0 Å². The molecule has 9 heteroatoms. The van der Waals surface area contributed by atoms with Crippen LogP contribution in [0.4, 0.5) is 8.78 Å². The van der Waals surface area contributed by atoms with Crippen LogP contribution in [-0.4, -0.2) is 24.2 Å². The Morgan fingerprint density at radius 1 is 1.27 bits per heavy atom. The highest BCUT2D eigenvalue weighted by molar-refractivity contribution is 7.16. The monoisotopic (exact) mass is 416 g/mol. The number of carbonyl (C=O) groups excluding carboxylic acids is 1. The summed E-state index contributed by atoms with van der Waals surface area (Å²) in [6.45, 7) is 0.510. The first kappa shape index (κ1) is 19.0. The number of amides is 1. The van der Waals surface area contributed by atoms with Crippen molar-refractivity contribution in [2.24, 2.45) is 4.99 Å². The molecule has 0 aliphatic heterocycles. The van der Waals surface area contributed by atoms with E-state index in [2.05, 4.69) is 4.99 Å². The number of halogens is 4. The van der Waals surface area contributed by atoms with Crippen molar-refractivity contribution in [2.45, 2.75) is 6.54 Å². The molecule has 1 amide bonds. The number of thiazole rings is 1. The Morgan fingerprint density at radius 3 is 2.77 bits per heavy atom. The van der Waals surface area contributed by atoms with Gasteiger partial charge in [-0.2, -0.15) is 4.99 Å². The van der Waals surface area contributed by atoms with Gasteiger partial charge in [0.2, 0.25) is 0 Å². The quantitative estimate of drug-likeness (QED) is 0.619. The van der Waals surface area contributed by atoms with Crippen LogP contribution in [0.5, 0.6) is 0 Å². The van der Waals surface area contributed by atoms with Crippen LogP contribution in [0.3, 0.4) is 0 Å². The maximum Gasteiger partial charge on any atom is 0.281 e. The zero-order valence-corrected chi connectivity index (χ0v) is 15.8. The largest absolute Gasteiger partial charge is 0.383 e. The first-order valence-electron chi connectivity index (χ1n) is 7.42. The van der Waals surface area contributed by atoms with Crippen molar-refractivity contribution in [2.75, 3.05) is 13.7 Å². The maximum atomic E-state index is 14.3. The van der Waals surface area contributed by atoms with E-state index in [0.717, 1.165) is 17.4 Å². The van der Waals surface area contributed by atoms with E-state index >= 15 is 0 Å². The van der Waals surface area contributed by atoms with Gasteiger partial charge in [-0.1, -0.05) is 34.5 Å². The highest BCUT2D eigenvalue weighted by atomic mass is 35.5. The van der Waals surface area contributed by atoms with Crippen molar-refractivity contribution in [3.05, 3.63) is 62.4 Å². The second-order valence-electron chi connectivity index (χ2n) is 5.30. The van der Waals surface area contributed by atoms with Crippen molar-refractivity contribution in [3.8, 4) is 0 Å². The Hall–Kier alpha value is -1.80. The standard InChI is InChI=1S/C17H12Cl2F2N2O2S/c1-25-5-4-23-15-13(21)7-10(20)8-14(15)26-17(23)22-16(24)11-6-9(18)2-3-12(11)19/h2-3,6-8H,4-5H2,1H3. The van der Waals surface area contributed by atoms with Crippen LogP contribution in [0.2, 0.25) is 10.0 Å². The molecule has 0 saturated heterocycles. The number of ether oxygens (including phenoxy) is 1. The third kappa shape index (κ3) is 3.81. The van der Waals surface area contributed by atoms with E-state index in [4.69, 9.17) is 27.9 Å². The Balaban J connectivity index is 2.19. The molecule has 1 heterocycles. The minimum atomic E-state index is -0.734. The van der Waals surface area contributed by atoms with Crippen LogP contribution in [0.1, 0.15) is 10.4 Å². The number of hydrogen-bond donors (Lipinski definition) is 0.